The molecule has 0 spiro atoms. The summed E-state index contributed by atoms with van der Waals surface area (Å²) in [5, 5.41) is 0. The number of nitrogens with zero attached hydrogens (tertiary/aromatic N) is 1. The molecule has 0 aliphatic heterocycles. The standard InChI is InChI=1S/C3H9NSi.W/c1-5(2,3)4;/h1-3H3;. The Morgan fingerprint density at radius 1 is 1.33 bits per heavy atom. The molecule has 0 unspecified atom stereocenters. The van der Waals surface area contributed by atoms with Crippen molar-refractivity contribution < 1.29 is 19.6 Å². The van der Waals surface area contributed by atoms with Gasteiger partial charge in [0.05, 0.1) is 0 Å². The van der Waals surface area contributed by atoms with Gasteiger partial charge in [0.2, 0.25) is 0 Å². The molecule has 3 heteroatoms. The van der Waals surface area contributed by atoms with Gasteiger partial charge in [0.25, 0.3) is 0 Å². The minimum absolute atomic E-state index is 0.969. The summed E-state index contributed by atoms with van der Waals surface area (Å²) in [5.74, 6) is 0. The van der Waals surface area contributed by atoms with Crippen molar-refractivity contribution in [1.29, 1.82) is 0 Å². The van der Waals surface area contributed by atoms with E-state index in [1.165, 1.54) is 19.6 Å². The topological polar surface area (TPSA) is 12.4 Å². The van der Waals surface area contributed by atoms with E-state index in [9.17, 15) is 0 Å². The molecule has 0 aromatic carbocycles. The summed E-state index contributed by atoms with van der Waals surface area (Å²) in [6, 6.07) is 0. The molecule has 0 radical (unpaired) electrons. The van der Waals surface area contributed by atoms with Gasteiger partial charge < -0.3 is 0 Å². The third-order valence-corrected chi connectivity index (χ3v) is 6.72. The van der Waals surface area contributed by atoms with Crippen LogP contribution in [0.1, 0.15) is 0 Å². The molecule has 0 N–H and O–H groups in total. The summed E-state index contributed by atoms with van der Waals surface area (Å²) < 4.78 is 4.24. The van der Waals surface area contributed by atoms with Crippen LogP contribution < -0.4 is 0 Å². The molecule has 0 aliphatic rings. The fraction of sp³-hybridized carbons (Fsp3) is 1.00. The van der Waals surface area contributed by atoms with Crippen molar-refractivity contribution in [1.82, 2.24) is 0 Å². The van der Waals surface area contributed by atoms with E-state index in [0.717, 1.165) is 0 Å². The van der Waals surface area contributed by atoms with Crippen molar-refractivity contribution in [3.63, 3.8) is 0 Å². The van der Waals surface area contributed by atoms with Gasteiger partial charge in [-0.15, -0.1) is 0 Å². The molecule has 0 rings (SSSR count). The average Bonchev–Trinajstić information content (AvgIpc) is 1.35. The average molecular weight is 271 g/mol. The molecule has 0 saturated heterocycles. The second kappa shape index (κ2) is 2.13. The van der Waals surface area contributed by atoms with Crippen LogP contribution in [0.4, 0.5) is 0 Å². The van der Waals surface area contributed by atoms with Gasteiger partial charge in [-0.25, -0.2) is 0 Å². The van der Waals surface area contributed by atoms with E-state index in [0.29, 0.717) is 0 Å². The Morgan fingerprint density at radius 2 is 1.50 bits per heavy atom. The van der Waals surface area contributed by atoms with Crippen LogP contribution >= 0.6 is 0 Å². The summed E-state index contributed by atoms with van der Waals surface area (Å²) in [7, 11) is -0.969. The van der Waals surface area contributed by atoms with Crippen molar-refractivity contribution in [3.8, 4) is 0 Å². The monoisotopic (exact) mass is 271 g/mol. The van der Waals surface area contributed by atoms with Crippen LogP contribution in [0, 0.1) is 0 Å². The first-order valence-corrected chi connectivity index (χ1v) is 6.67. The number of hydrogen-bond acceptors (Lipinski definition) is 1. The molecule has 0 atom stereocenters. The van der Waals surface area contributed by atoms with Crippen LogP contribution in [-0.4, -0.2) is 8.24 Å². The summed E-state index contributed by atoms with van der Waals surface area (Å²) in [4.78, 5) is 0. The van der Waals surface area contributed by atoms with Crippen molar-refractivity contribution in [2.24, 2.45) is 3.16 Å². The fourth-order valence-electron chi connectivity index (χ4n) is 0. The van der Waals surface area contributed by atoms with Crippen LogP contribution in [0.5, 0.6) is 0 Å². The van der Waals surface area contributed by atoms with Gasteiger partial charge in [-0.3, -0.25) is 0 Å². The second-order valence-electron chi connectivity index (χ2n) is 2.26. The van der Waals surface area contributed by atoms with Crippen molar-refractivity contribution in [2.45, 2.75) is 19.6 Å². The van der Waals surface area contributed by atoms with E-state index in [1.807, 2.05) is 0 Å². The Morgan fingerprint density at radius 3 is 1.50 bits per heavy atom. The second-order valence-corrected chi connectivity index (χ2v) is 8.75. The van der Waals surface area contributed by atoms with Crippen LogP contribution in [-0.2, 0) is 19.6 Å². The quantitative estimate of drug-likeness (QED) is 0.642. The molecular weight excluding hydrogens is 262 g/mol. The van der Waals surface area contributed by atoms with Gasteiger partial charge in [-0.1, -0.05) is 0 Å². The minimum atomic E-state index is -0.969. The third-order valence-electron chi connectivity index (χ3n) is 0.274. The first kappa shape index (κ1) is 6.71. The number of rotatable bonds is 1. The SMILES string of the molecule is C[Si](C)(C)[N]=[W]. The Hall–Kier alpha value is 0.705. The van der Waals surface area contributed by atoms with E-state index in [1.54, 1.807) is 0 Å². The molecule has 0 amide bonds. The van der Waals surface area contributed by atoms with Crippen LogP contribution in [0.2, 0.25) is 19.6 Å². The molecule has 0 aromatic rings. The predicted octanol–water partition coefficient (Wildman–Crippen LogP) is 1.55. The molecule has 0 heterocycles. The molecule has 36 valence electrons. The zero-order valence-electron chi connectivity index (χ0n) is 4.36. The van der Waals surface area contributed by atoms with Gasteiger partial charge >= 0.3 is 50.7 Å². The molecule has 0 aliphatic carbocycles. The van der Waals surface area contributed by atoms with Gasteiger partial charge in [-0.2, -0.15) is 0 Å². The van der Waals surface area contributed by atoms with Gasteiger partial charge in [0.15, 0.2) is 0 Å². The fourth-order valence-corrected chi connectivity index (χ4v) is 0. The Kier molecular flexibility index (Phi) is 2.38. The first-order chi connectivity index (χ1) is 2.56. The maximum absolute atomic E-state index is 4.24. The van der Waals surface area contributed by atoms with Crippen LogP contribution in [0.3, 0.4) is 0 Å². The molecule has 0 aromatic heterocycles. The molecular formula is C3H9NSiW. The van der Waals surface area contributed by atoms with E-state index >= 15 is 0 Å². The molecule has 0 bridgehead atoms. The Bertz CT molecular complexity index is 56.3. The van der Waals surface area contributed by atoms with Crippen molar-refractivity contribution >= 4 is 8.24 Å². The summed E-state index contributed by atoms with van der Waals surface area (Å²) in [6.45, 7) is 6.71. The van der Waals surface area contributed by atoms with Crippen LogP contribution in [0.15, 0.2) is 3.16 Å². The predicted molar refractivity (Wildman–Crippen MR) is 25.8 cm³/mol. The summed E-state index contributed by atoms with van der Waals surface area (Å²) in [6.07, 6.45) is 0. The molecule has 0 saturated carbocycles. The Labute approximate surface area is 51.0 Å². The molecule has 1 nitrogen and oxygen atoms in total. The first-order valence-electron chi connectivity index (χ1n) is 1.91. The maximum atomic E-state index is 4.24. The van der Waals surface area contributed by atoms with Crippen molar-refractivity contribution in [2.75, 3.05) is 0 Å². The van der Waals surface area contributed by atoms with Gasteiger partial charge in [-0.05, 0) is 0 Å². The third kappa shape index (κ3) is 4.71. The zero-order chi connectivity index (χ0) is 5.21. The van der Waals surface area contributed by atoms with E-state index in [-0.39, 0.29) is 0 Å². The van der Waals surface area contributed by atoms with Crippen LogP contribution in [0.25, 0.3) is 0 Å². The van der Waals surface area contributed by atoms with E-state index < -0.39 is 8.24 Å². The summed E-state index contributed by atoms with van der Waals surface area (Å²) in [5.41, 5.74) is 0. The normalized spacial score (nSPS) is 11.2. The van der Waals surface area contributed by atoms with Gasteiger partial charge in [0, 0.05) is 0 Å². The van der Waals surface area contributed by atoms with E-state index in [4.69, 9.17) is 0 Å². The Balaban J connectivity index is 3.45. The summed E-state index contributed by atoms with van der Waals surface area (Å²) >= 11 is 1.38. The van der Waals surface area contributed by atoms with E-state index in [2.05, 4.69) is 22.8 Å². The number of hydrogen-bond donors (Lipinski definition) is 0. The zero-order valence-corrected chi connectivity index (χ0v) is 8.29. The van der Waals surface area contributed by atoms with Gasteiger partial charge in [0.1, 0.15) is 0 Å². The molecule has 6 heavy (non-hydrogen) atoms. The molecule has 0 fully saturated rings. The van der Waals surface area contributed by atoms with Crippen molar-refractivity contribution in [3.05, 3.63) is 0 Å².